The molecule has 0 bridgehead atoms. The molecule has 0 fully saturated rings. The maximum absolute atomic E-state index is 12.9. The van der Waals surface area contributed by atoms with Crippen molar-refractivity contribution in [1.82, 2.24) is 0 Å². The van der Waals surface area contributed by atoms with Crippen LogP contribution in [0.3, 0.4) is 0 Å². The molecule has 0 aliphatic carbocycles. The normalized spacial score (nSPS) is 13.4. The van der Waals surface area contributed by atoms with Crippen LogP contribution >= 0.6 is 0 Å². The summed E-state index contributed by atoms with van der Waals surface area (Å²) < 4.78 is 23.1. The number of benzene rings is 2. The van der Waals surface area contributed by atoms with E-state index in [1.54, 1.807) is 0 Å². The van der Waals surface area contributed by atoms with Gasteiger partial charge < -0.3 is 18.9 Å². The summed E-state index contributed by atoms with van der Waals surface area (Å²) in [4.78, 5) is 25.8. The van der Waals surface area contributed by atoms with Gasteiger partial charge >= 0.3 is 12.3 Å². The molecule has 0 N–H and O–H groups in total. The van der Waals surface area contributed by atoms with Crippen molar-refractivity contribution in [3.8, 4) is 11.5 Å². The van der Waals surface area contributed by atoms with E-state index in [4.69, 9.17) is 18.9 Å². The Morgan fingerprint density at radius 3 is 0.844 bits per heavy atom. The first-order valence-corrected chi connectivity index (χ1v) is 16.1. The largest absolute Gasteiger partial charge is 0.514 e. The second kappa shape index (κ2) is 12.6. The summed E-state index contributed by atoms with van der Waals surface area (Å²) in [5.41, 5.74) is 3.35. The van der Waals surface area contributed by atoms with Crippen molar-refractivity contribution in [2.24, 2.45) is 0 Å². The number of rotatable bonds is 4. The quantitative estimate of drug-likeness (QED) is 0.249. The van der Waals surface area contributed by atoms with Gasteiger partial charge in [0.15, 0.2) is 0 Å². The highest BCUT2D eigenvalue weighted by molar-refractivity contribution is 5.68. The van der Waals surface area contributed by atoms with E-state index in [1.807, 2.05) is 41.5 Å². The van der Waals surface area contributed by atoms with Crippen molar-refractivity contribution in [3.63, 3.8) is 0 Å². The third kappa shape index (κ3) is 11.1. The van der Waals surface area contributed by atoms with Gasteiger partial charge in [0.1, 0.15) is 22.7 Å². The van der Waals surface area contributed by atoms with E-state index < -0.39 is 23.5 Å². The molecule has 2 rings (SSSR count). The summed E-state index contributed by atoms with van der Waals surface area (Å²) in [5.74, 6) is 1.11. The van der Waals surface area contributed by atoms with Crippen LogP contribution in [0.1, 0.15) is 158 Å². The molecule has 6 heteroatoms. The summed E-state index contributed by atoms with van der Waals surface area (Å²) in [6.07, 6.45) is -0.787. The molecule has 6 nitrogen and oxygen atoms in total. The van der Waals surface area contributed by atoms with Crippen molar-refractivity contribution >= 4 is 12.3 Å². The number of carbonyl (C=O) groups excluding carboxylic acids is 2. The fraction of sp³-hybridized carbons (Fsp3) is 0.641. The Morgan fingerprint density at radius 1 is 0.444 bits per heavy atom. The molecule has 0 heterocycles. The maximum Gasteiger partial charge on any atom is 0.514 e. The first kappa shape index (κ1) is 38.2. The molecule has 252 valence electrons. The molecular formula is C39H60O6. The number of carbonyl (C=O) groups is 2. The number of hydrogen-bond acceptors (Lipinski definition) is 6. The van der Waals surface area contributed by atoms with Crippen molar-refractivity contribution in [2.45, 2.75) is 164 Å². The molecule has 45 heavy (non-hydrogen) atoms. The first-order valence-electron chi connectivity index (χ1n) is 16.1. The smallest absolute Gasteiger partial charge is 0.428 e. The molecule has 0 spiro atoms. The lowest BCUT2D eigenvalue weighted by molar-refractivity contribution is 0.0186. The second-order valence-corrected chi connectivity index (χ2v) is 18.3. The number of ether oxygens (including phenoxy) is 4. The standard InChI is InChI=1S/C39H60O6/c1-34(2,3)26-20-24(21-27(35(4,5)6)30(26)42-32(40)44-38(13,14)15)19-25-22-28(36(7,8)9)31(29(23-25)37(10,11)12)43-33(41)45-39(16,17)18/h20-23H,19H2,1-18H3. The van der Waals surface area contributed by atoms with Crippen LogP contribution in [0.5, 0.6) is 11.5 Å². The number of hydrogen-bond donors (Lipinski definition) is 0. The SMILES string of the molecule is CC(C)(C)OC(=O)Oc1c(C(C)(C)C)cc(Cc2cc(C(C)(C)C)c(OC(=O)OC(C)(C)C)c(C(C)(C)C)c2)cc1C(C)(C)C. The molecule has 0 saturated carbocycles. The van der Waals surface area contributed by atoms with Gasteiger partial charge in [-0.3, -0.25) is 0 Å². The van der Waals surface area contributed by atoms with Crippen molar-refractivity contribution in [3.05, 3.63) is 57.6 Å². The van der Waals surface area contributed by atoms with E-state index >= 15 is 0 Å². The van der Waals surface area contributed by atoms with Crippen LogP contribution in [0, 0.1) is 0 Å². The molecular weight excluding hydrogens is 564 g/mol. The third-order valence-corrected chi connectivity index (χ3v) is 7.09. The summed E-state index contributed by atoms with van der Waals surface area (Å²) in [5, 5.41) is 0. The van der Waals surface area contributed by atoms with E-state index in [0.29, 0.717) is 17.9 Å². The monoisotopic (exact) mass is 624 g/mol. The van der Waals surface area contributed by atoms with Gasteiger partial charge in [0.25, 0.3) is 0 Å². The molecule has 0 atom stereocenters. The lowest BCUT2D eigenvalue weighted by Gasteiger charge is -2.31. The Balaban J connectivity index is 2.82. The van der Waals surface area contributed by atoms with Crippen LogP contribution in [0.15, 0.2) is 24.3 Å². The van der Waals surface area contributed by atoms with Crippen molar-refractivity contribution in [2.75, 3.05) is 0 Å². The molecule has 0 aliphatic rings. The highest BCUT2D eigenvalue weighted by Gasteiger charge is 2.33. The lowest BCUT2D eigenvalue weighted by atomic mass is 9.76. The fourth-order valence-corrected chi connectivity index (χ4v) is 4.97. The van der Waals surface area contributed by atoms with E-state index in [-0.39, 0.29) is 21.7 Å². The molecule has 0 unspecified atom stereocenters. The zero-order valence-electron chi connectivity index (χ0n) is 31.5. The molecule has 0 aromatic heterocycles. The van der Waals surface area contributed by atoms with Gasteiger partial charge in [0, 0.05) is 22.3 Å². The average molecular weight is 625 g/mol. The van der Waals surface area contributed by atoms with Crippen molar-refractivity contribution < 1.29 is 28.5 Å². The molecule has 0 amide bonds. The predicted molar refractivity (Wildman–Crippen MR) is 184 cm³/mol. The molecule has 0 radical (unpaired) electrons. The third-order valence-electron chi connectivity index (χ3n) is 7.09. The minimum Gasteiger partial charge on any atom is -0.428 e. The Morgan fingerprint density at radius 2 is 0.667 bits per heavy atom. The minimum atomic E-state index is -0.712. The van der Waals surface area contributed by atoms with E-state index in [2.05, 4.69) is 107 Å². The summed E-state index contributed by atoms with van der Waals surface area (Å²) in [6.45, 7) is 36.5. The maximum atomic E-state index is 12.9. The van der Waals surface area contributed by atoms with Gasteiger partial charge in [-0.15, -0.1) is 0 Å². The molecule has 0 aliphatic heterocycles. The van der Waals surface area contributed by atoms with Crippen LogP contribution in [0.2, 0.25) is 0 Å². The van der Waals surface area contributed by atoms with E-state index in [9.17, 15) is 9.59 Å². The molecule has 2 aromatic rings. The van der Waals surface area contributed by atoms with Crippen LogP contribution in [-0.4, -0.2) is 23.5 Å². The first-order chi connectivity index (χ1) is 19.9. The summed E-state index contributed by atoms with van der Waals surface area (Å²) in [6, 6.07) is 8.59. The highest BCUT2D eigenvalue weighted by atomic mass is 16.7. The van der Waals surface area contributed by atoms with Gasteiger partial charge in [-0.2, -0.15) is 0 Å². The summed E-state index contributed by atoms with van der Waals surface area (Å²) in [7, 11) is 0. The van der Waals surface area contributed by atoms with Crippen LogP contribution in [-0.2, 0) is 37.6 Å². The summed E-state index contributed by atoms with van der Waals surface area (Å²) >= 11 is 0. The molecule has 0 saturated heterocycles. The predicted octanol–water partition coefficient (Wildman–Crippen LogP) is 11.1. The second-order valence-electron chi connectivity index (χ2n) is 18.3. The lowest BCUT2D eigenvalue weighted by Crippen LogP contribution is -2.28. The molecule has 2 aromatic carbocycles. The van der Waals surface area contributed by atoms with Crippen LogP contribution in [0.25, 0.3) is 0 Å². The zero-order valence-corrected chi connectivity index (χ0v) is 31.5. The van der Waals surface area contributed by atoms with Crippen LogP contribution in [0.4, 0.5) is 9.59 Å². The van der Waals surface area contributed by atoms with Gasteiger partial charge in [-0.25, -0.2) is 9.59 Å². The topological polar surface area (TPSA) is 71.1 Å². The highest BCUT2D eigenvalue weighted by Crippen LogP contribution is 2.44. The van der Waals surface area contributed by atoms with Crippen molar-refractivity contribution in [1.29, 1.82) is 0 Å². The van der Waals surface area contributed by atoms with E-state index in [0.717, 1.165) is 33.4 Å². The van der Waals surface area contributed by atoms with E-state index in [1.165, 1.54) is 0 Å². The van der Waals surface area contributed by atoms with Gasteiger partial charge in [-0.1, -0.05) is 107 Å². The Hall–Kier alpha value is -3.02. The van der Waals surface area contributed by atoms with Gasteiger partial charge in [0.05, 0.1) is 0 Å². The van der Waals surface area contributed by atoms with Gasteiger partial charge in [0.2, 0.25) is 0 Å². The Bertz CT molecular complexity index is 1210. The van der Waals surface area contributed by atoms with Gasteiger partial charge in [-0.05, 0) is 80.8 Å². The Labute approximate surface area is 273 Å². The Kier molecular flexibility index (Phi) is 10.7. The van der Waals surface area contributed by atoms with Crippen LogP contribution < -0.4 is 9.47 Å². The fourth-order valence-electron chi connectivity index (χ4n) is 4.97. The average Bonchev–Trinajstić information content (AvgIpc) is 2.75. The zero-order chi connectivity index (χ0) is 35.1. The minimum absolute atomic E-state index is 0.314.